The summed E-state index contributed by atoms with van der Waals surface area (Å²) in [6.45, 7) is 4.15. The van der Waals surface area contributed by atoms with Crippen LogP contribution in [0.4, 0.5) is 0 Å². The molecule has 0 saturated carbocycles. The number of nitrogens with two attached hydrogens (primary N) is 3. The Labute approximate surface area is 470 Å². The number of phenols is 2. The largest absolute Gasteiger partial charge is 0.508 e. The van der Waals surface area contributed by atoms with Gasteiger partial charge in [0.2, 0.25) is 47.3 Å². The normalized spacial score (nSPS) is 14.2. The smallest absolute Gasteiger partial charge is 0.326 e. The van der Waals surface area contributed by atoms with Gasteiger partial charge in [0.1, 0.15) is 59.8 Å². The minimum atomic E-state index is -1.72. The van der Waals surface area contributed by atoms with Gasteiger partial charge >= 0.3 is 11.9 Å². The first kappa shape index (κ1) is 64.9. The molecule has 0 aliphatic heterocycles. The molecule has 444 valence electrons. The Bertz CT molecular complexity index is 2810. The molecule has 0 aliphatic rings. The number of aliphatic carboxylic acids is 2. The summed E-state index contributed by atoms with van der Waals surface area (Å²) < 4.78 is 0. The molecule has 0 saturated heterocycles. The zero-order valence-corrected chi connectivity index (χ0v) is 45.3. The molecule has 2 aromatic heterocycles. The number of carbonyl (C=O) groups excluding carboxylic acids is 8. The number of phenolic OH excluding ortho intramolecular Hbond substituents is 2. The number of rotatable bonds is 34. The lowest BCUT2D eigenvalue weighted by molar-refractivity contribution is -0.142. The Morgan fingerprint density at radius 1 is 0.561 bits per heavy atom. The van der Waals surface area contributed by atoms with E-state index in [2.05, 4.69) is 67.5 Å². The first-order valence-corrected chi connectivity index (χ1v) is 26.1. The number of aromatic nitrogens is 4. The molecule has 30 nitrogen and oxygen atoms in total. The van der Waals surface area contributed by atoms with Crippen LogP contribution in [0.15, 0.2) is 78.6 Å². The second-order valence-corrected chi connectivity index (χ2v) is 19.3. The Morgan fingerprint density at radius 3 is 1.45 bits per heavy atom. The van der Waals surface area contributed by atoms with Gasteiger partial charge in [-0.05, 0) is 67.5 Å². The number of imidazole rings is 2. The molecule has 8 amide bonds. The van der Waals surface area contributed by atoms with Crippen molar-refractivity contribution in [1.82, 2.24) is 62.5 Å². The molecular weight excluding hydrogens is 1070 g/mol. The van der Waals surface area contributed by atoms with Crippen molar-refractivity contribution in [2.75, 3.05) is 13.1 Å². The van der Waals surface area contributed by atoms with E-state index in [-0.39, 0.29) is 62.5 Å². The predicted molar refractivity (Wildman–Crippen MR) is 292 cm³/mol. The minimum Gasteiger partial charge on any atom is -0.508 e. The third-order valence-electron chi connectivity index (χ3n) is 12.8. The second-order valence-electron chi connectivity index (χ2n) is 19.3. The lowest BCUT2D eigenvalue weighted by atomic mass is 9.97. The van der Waals surface area contributed by atoms with Crippen molar-refractivity contribution in [1.29, 1.82) is 0 Å². The molecule has 30 heteroatoms. The molecule has 4 aromatic rings. The fourth-order valence-corrected chi connectivity index (χ4v) is 8.07. The van der Waals surface area contributed by atoms with Gasteiger partial charge in [0.25, 0.3) is 0 Å². The van der Waals surface area contributed by atoms with Gasteiger partial charge < -0.3 is 90.1 Å². The average molecular weight is 1150 g/mol. The Balaban J connectivity index is 1.61. The average Bonchev–Trinajstić information content (AvgIpc) is 4.19. The second kappa shape index (κ2) is 32.5. The van der Waals surface area contributed by atoms with Gasteiger partial charge in [0, 0.05) is 62.4 Å². The highest BCUT2D eigenvalue weighted by Gasteiger charge is 2.36. The highest BCUT2D eigenvalue weighted by Crippen LogP contribution is 2.16. The van der Waals surface area contributed by atoms with Gasteiger partial charge in [0.05, 0.1) is 19.2 Å². The first-order chi connectivity index (χ1) is 39.0. The summed E-state index contributed by atoms with van der Waals surface area (Å²) in [5.41, 5.74) is 18.2. The van der Waals surface area contributed by atoms with Crippen LogP contribution in [-0.4, -0.2) is 167 Å². The standard InChI is InChI=1S/C52H72N16O14/c1-4-27(2)43(50(80)67-40(51(81)82)21-32-24-57-26-60-32)68-44(74)28(3)61-45(75)35(6-5-17-58-52(54)55)63-46(76)36(15-16-42(72)73)64-48(78)38(19-30-9-13-34(70)14-10-30)65-49(79)39(20-31-23-56-25-59-31)66-47(77)37(62-41(71)22-53)18-29-7-11-33(69)12-8-29/h7-14,23-28,35-40,43,69-70H,4-6,15-22,53H2,1-3H3,(H,56,59)(H,57,60)(H,61,75)(H,62,71)(H,63,76)(H,64,78)(H,65,79)(H,66,77)(H,67,80)(H,68,74)(H,72,73)(H,81,82)(H4,54,55,58)/t27-,28-,35-,36-,37-,38-,39-,40-,43-/m0/s1. The summed E-state index contributed by atoms with van der Waals surface area (Å²) in [5.74, 6) is -11.0. The number of hydrogen-bond donors (Lipinski definition) is 17. The maximum Gasteiger partial charge on any atom is 0.326 e. The predicted octanol–water partition coefficient (Wildman–Crippen LogP) is -3.28. The molecule has 9 atom stereocenters. The summed E-state index contributed by atoms with van der Waals surface area (Å²) in [6.07, 6.45) is 3.57. The zero-order chi connectivity index (χ0) is 60.5. The zero-order valence-electron chi connectivity index (χ0n) is 45.3. The number of carboxylic acid groups (broad SMARTS) is 2. The van der Waals surface area contributed by atoms with E-state index in [9.17, 15) is 68.4 Å². The summed E-state index contributed by atoms with van der Waals surface area (Å²) in [5, 5.41) is 59.7. The summed E-state index contributed by atoms with van der Waals surface area (Å²) in [7, 11) is 0. The quantitative estimate of drug-likeness (QED) is 0.0124. The number of H-pyrrole nitrogens is 2. The topological polar surface area (TPSA) is 496 Å². The van der Waals surface area contributed by atoms with Crippen LogP contribution < -0.4 is 59.7 Å². The molecule has 4 rings (SSSR count). The molecule has 20 N–H and O–H groups in total. The van der Waals surface area contributed by atoms with Crippen molar-refractivity contribution in [2.24, 2.45) is 28.1 Å². The number of aromatic hydroxyl groups is 2. The fourth-order valence-electron chi connectivity index (χ4n) is 8.07. The van der Waals surface area contributed by atoms with Crippen LogP contribution in [0.25, 0.3) is 0 Å². The van der Waals surface area contributed by atoms with Crippen molar-refractivity contribution in [3.05, 3.63) is 96.1 Å². The van der Waals surface area contributed by atoms with Gasteiger partial charge in [-0.25, -0.2) is 14.8 Å². The number of amides is 8. The molecule has 2 aromatic carbocycles. The van der Waals surface area contributed by atoms with E-state index in [0.29, 0.717) is 28.9 Å². The number of aliphatic imine (C=N–C) groups is 1. The number of guanidine groups is 1. The maximum atomic E-state index is 14.5. The van der Waals surface area contributed by atoms with Gasteiger partial charge in [-0.2, -0.15) is 0 Å². The molecule has 0 fully saturated rings. The molecule has 0 radical (unpaired) electrons. The van der Waals surface area contributed by atoms with Crippen LogP contribution >= 0.6 is 0 Å². The van der Waals surface area contributed by atoms with E-state index in [1.54, 1.807) is 13.8 Å². The number of nitrogens with zero attached hydrogens (tertiary/aromatic N) is 3. The van der Waals surface area contributed by atoms with E-state index in [1.807, 2.05) is 0 Å². The molecule has 0 spiro atoms. The van der Waals surface area contributed by atoms with Crippen molar-refractivity contribution in [3.8, 4) is 11.5 Å². The SMILES string of the molecule is CC[C@H](C)[C@H](NC(=O)[C@H](C)NC(=O)[C@H](CCCN=C(N)N)NC(=O)[C@H](CCC(=O)O)NC(=O)[C@H](Cc1ccc(O)cc1)NC(=O)[C@H](Cc1cnc[nH]1)NC(=O)[C@H](Cc1ccc(O)cc1)NC(=O)CN)C(=O)N[C@@H](Cc1cnc[nH]1)C(=O)O. The Hall–Kier alpha value is -9.61. The molecular formula is C52H72N16O14. The van der Waals surface area contributed by atoms with E-state index < -0.39 is 133 Å². The Morgan fingerprint density at radius 2 is 1.00 bits per heavy atom. The van der Waals surface area contributed by atoms with E-state index >= 15 is 0 Å². The van der Waals surface area contributed by atoms with Crippen LogP contribution in [0.3, 0.4) is 0 Å². The number of hydrogen-bond acceptors (Lipinski definition) is 16. The number of nitrogens with one attached hydrogen (secondary N) is 10. The third-order valence-corrected chi connectivity index (χ3v) is 12.8. The van der Waals surface area contributed by atoms with Gasteiger partial charge in [-0.3, -0.25) is 48.1 Å². The van der Waals surface area contributed by atoms with Crippen LogP contribution in [0.5, 0.6) is 11.5 Å². The van der Waals surface area contributed by atoms with Gasteiger partial charge in [-0.15, -0.1) is 0 Å². The molecule has 0 bridgehead atoms. The summed E-state index contributed by atoms with van der Waals surface area (Å²) >= 11 is 0. The van der Waals surface area contributed by atoms with Crippen LogP contribution in [0.2, 0.25) is 0 Å². The molecule has 82 heavy (non-hydrogen) atoms. The Kier molecular flexibility index (Phi) is 25.7. The lowest BCUT2D eigenvalue weighted by Crippen LogP contribution is -2.61. The van der Waals surface area contributed by atoms with Gasteiger partial charge in [0.15, 0.2) is 5.96 Å². The number of carboxylic acids is 2. The van der Waals surface area contributed by atoms with Crippen LogP contribution in [0.1, 0.15) is 75.4 Å². The summed E-state index contributed by atoms with van der Waals surface area (Å²) in [4.78, 5) is 153. The monoisotopic (exact) mass is 1140 g/mol. The van der Waals surface area contributed by atoms with Crippen molar-refractivity contribution in [2.45, 2.75) is 127 Å². The fraction of sp³-hybridized carbons (Fsp3) is 0.442. The van der Waals surface area contributed by atoms with E-state index in [1.165, 1.54) is 80.5 Å². The van der Waals surface area contributed by atoms with Crippen molar-refractivity contribution < 1.29 is 68.4 Å². The maximum absolute atomic E-state index is 14.5. The van der Waals surface area contributed by atoms with E-state index in [4.69, 9.17) is 17.2 Å². The lowest BCUT2D eigenvalue weighted by Gasteiger charge is -2.28. The molecule has 2 heterocycles. The molecule has 0 aliphatic carbocycles. The minimum absolute atomic E-state index is 0.0392. The first-order valence-electron chi connectivity index (χ1n) is 26.1. The third kappa shape index (κ3) is 21.9. The van der Waals surface area contributed by atoms with Crippen molar-refractivity contribution >= 4 is 65.2 Å². The van der Waals surface area contributed by atoms with Crippen LogP contribution in [-0.2, 0) is 73.6 Å². The van der Waals surface area contributed by atoms with Crippen LogP contribution in [0, 0.1) is 5.92 Å². The van der Waals surface area contributed by atoms with E-state index in [0.717, 1.165) is 0 Å². The highest BCUT2D eigenvalue weighted by atomic mass is 16.4. The highest BCUT2D eigenvalue weighted by molar-refractivity contribution is 5.98. The number of aromatic amines is 2. The number of benzene rings is 2. The summed E-state index contributed by atoms with van der Waals surface area (Å²) in [6, 6.07) is -0.414. The van der Waals surface area contributed by atoms with Crippen molar-refractivity contribution in [3.63, 3.8) is 0 Å². The number of carbonyl (C=O) groups is 10. The molecule has 0 unspecified atom stereocenters. The van der Waals surface area contributed by atoms with Gasteiger partial charge in [-0.1, -0.05) is 44.5 Å².